The van der Waals surface area contributed by atoms with Gasteiger partial charge in [0, 0.05) is 32.1 Å². The fourth-order valence-electron chi connectivity index (χ4n) is 3.73. The quantitative estimate of drug-likeness (QED) is 0.620. The molecule has 3 aliphatic heterocycles. The third kappa shape index (κ3) is 4.24. The molecule has 0 amide bonds. The molecule has 0 aromatic heterocycles. The lowest BCUT2D eigenvalue weighted by Gasteiger charge is -2.26. The Morgan fingerprint density at radius 3 is 2.96 bits per heavy atom. The minimum Gasteiger partial charge on any atom is -0.454 e. The molecular weight excluding hydrogens is 320 g/mol. The van der Waals surface area contributed by atoms with Crippen LogP contribution < -0.4 is 25.6 Å². The summed E-state index contributed by atoms with van der Waals surface area (Å²) < 4.78 is 16.3. The van der Waals surface area contributed by atoms with Gasteiger partial charge < -0.3 is 19.5 Å². The number of benzene rings is 1. The van der Waals surface area contributed by atoms with Crippen LogP contribution in [0.5, 0.6) is 11.5 Å². The number of nitrogens with one attached hydrogen (secondary N) is 3. The Bertz CT molecular complexity index is 565. The van der Waals surface area contributed by atoms with Gasteiger partial charge in [0.1, 0.15) is 0 Å². The van der Waals surface area contributed by atoms with Gasteiger partial charge in [-0.2, -0.15) is 0 Å². The highest BCUT2D eigenvalue weighted by molar-refractivity contribution is 5.45. The molecule has 3 aliphatic rings. The second kappa shape index (κ2) is 8.33. The molecular formula is C18H28N4O3. The molecule has 0 saturated carbocycles. The molecule has 0 bridgehead atoms. The first kappa shape index (κ1) is 17.1. The van der Waals surface area contributed by atoms with E-state index in [9.17, 15) is 0 Å². The van der Waals surface area contributed by atoms with E-state index >= 15 is 0 Å². The molecule has 4 rings (SSSR count). The molecule has 2 unspecified atom stereocenters. The van der Waals surface area contributed by atoms with E-state index in [2.05, 4.69) is 33.2 Å². The van der Waals surface area contributed by atoms with Crippen LogP contribution in [0.25, 0.3) is 0 Å². The van der Waals surface area contributed by atoms with Crippen LogP contribution in [0, 0.1) is 5.92 Å². The Hall–Kier alpha value is -1.38. The molecule has 0 spiro atoms. The first-order valence-electron chi connectivity index (χ1n) is 9.29. The van der Waals surface area contributed by atoms with Crippen molar-refractivity contribution in [3.05, 3.63) is 23.8 Å². The first-order chi connectivity index (χ1) is 12.4. The Labute approximate surface area is 149 Å². The maximum Gasteiger partial charge on any atom is 0.231 e. The van der Waals surface area contributed by atoms with Gasteiger partial charge in [-0.05, 0) is 37.2 Å². The topological polar surface area (TPSA) is 67.0 Å². The Balaban J connectivity index is 1.22. The van der Waals surface area contributed by atoms with Crippen LogP contribution in [0.1, 0.15) is 18.0 Å². The zero-order valence-corrected chi connectivity index (χ0v) is 14.6. The van der Waals surface area contributed by atoms with Gasteiger partial charge >= 0.3 is 0 Å². The molecule has 7 nitrogen and oxygen atoms in total. The number of hydrogen-bond acceptors (Lipinski definition) is 7. The highest BCUT2D eigenvalue weighted by Crippen LogP contribution is 2.36. The minimum atomic E-state index is 0.293. The molecule has 1 aromatic carbocycles. The summed E-state index contributed by atoms with van der Waals surface area (Å²) in [4.78, 5) is 2.49. The molecule has 0 aliphatic carbocycles. The fraction of sp³-hybridized carbons (Fsp3) is 0.667. The lowest BCUT2D eigenvalue weighted by Crippen LogP contribution is -2.38. The molecule has 3 heterocycles. The fourth-order valence-corrected chi connectivity index (χ4v) is 3.73. The van der Waals surface area contributed by atoms with E-state index in [4.69, 9.17) is 14.2 Å². The summed E-state index contributed by atoms with van der Waals surface area (Å²) in [5, 5.41) is 3.63. The van der Waals surface area contributed by atoms with Crippen LogP contribution in [-0.4, -0.2) is 64.2 Å². The van der Waals surface area contributed by atoms with E-state index in [0.717, 1.165) is 64.0 Å². The zero-order chi connectivity index (χ0) is 16.9. The van der Waals surface area contributed by atoms with Crippen LogP contribution in [0.3, 0.4) is 0 Å². The molecule has 2 atom stereocenters. The van der Waals surface area contributed by atoms with E-state index < -0.39 is 0 Å². The molecule has 0 radical (unpaired) electrons. The lowest BCUT2D eigenvalue weighted by molar-refractivity contribution is 0.0374. The van der Waals surface area contributed by atoms with Crippen LogP contribution in [0.4, 0.5) is 0 Å². The third-order valence-electron chi connectivity index (χ3n) is 5.19. The van der Waals surface area contributed by atoms with E-state index in [1.807, 2.05) is 6.07 Å². The maximum atomic E-state index is 5.51. The summed E-state index contributed by atoms with van der Waals surface area (Å²) in [7, 11) is 0. The third-order valence-corrected chi connectivity index (χ3v) is 5.19. The molecule has 25 heavy (non-hydrogen) atoms. The first-order valence-corrected chi connectivity index (χ1v) is 9.29. The van der Waals surface area contributed by atoms with Gasteiger partial charge in [-0.15, -0.1) is 0 Å². The largest absolute Gasteiger partial charge is 0.454 e. The summed E-state index contributed by atoms with van der Waals surface area (Å²) in [5.41, 5.74) is 7.94. The number of morpholine rings is 1. The number of hydrogen-bond donors (Lipinski definition) is 3. The standard InChI is InChI=1S/C18H28N4O3/c1(5-22-6-8-23-9-7-22)4-19-11-15-12-20-21-18(15)14-2-3-16-17(10-14)25-13-24-16/h2-3,10,15,18-21H,1,4-9,11-13H2. The lowest BCUT2D eigenvalue weighted by atomic mass is 9.94. The summed E-state index contributed by atoms with van der Waals surface area (Å²) in [6, 6.07) is 6.52. The van der Waals surface area contributed by atoms with Crippen LogP contribution >= 0.6 is 0 Å². The number of rotatable bonds is 7. The molecule has 2 saturated heterocycles. The smallest absolute Gasteiger partial charge is 0.231 e. The SMILES string of the molecule is c1cc2c(cc1C1NNCC1CNCCCN1CCOCC1)OCO2. The van der Waals surface area contributed by atoms with Gasteiger partial charge in [0.15, 0.2) is 11.5 Å². The number of nitrogens with zero attached hydrogens (tertiary/aromatic N) is 1. The Morgan fingerprint density at radius 2 is 2.04 bits per heavy atom. The van der Waals surface area contributed by atoms with Crippen molar-refractivity contribution >= 4 is 0 Å². The summed E-state index contributed by atoms with van der Waals surface area (Å²) in [5.74, 6) is 2.21. The van der Waals surface area contributed by atoms with Crippen molar-refractivity contribution in [2.75, 3.05) is 59.3 Å². The highest BCUT2D eigenvalue weighted by Gasteiger charge is 2.29. The number of ether oxygens (including phenoxy) is 3. The van der Waals surface area contributed by atoms with Crippen molar-refractivity contribution in [1.29, 1.82) is 0 Å². The minimum absolute atomic E-state index is 0.293. The Kier molecular flexibility index (Phi) is 5.68. The summed E-state index contributed by atoms with van der Waals surface area (Å²) in [6.45, 7) is 8.41. The van der Waals surface area contributed by atoms with E-state index in [-0.39, 0.29) is 0 Å². The van der Waals surface area contributed by atoms with Crippen molar-refractivity contribution in [1.82, 2.24) is 21.1 Å². The van der Waals surface area contributed by atoms with Gasteiger partial charge in [-0.1, -0.05) is 6.07 Å². The highest BCUT2D eigenvalue weighted by atomic mass is 16.7. The summed E-state index contributed by atoms with van der Waals surface area (Å²) >= 11 is 0. The van der Waals surface area contributed by atoms with E-state index in [1.165, 1.54) is 12.0 Å². The summed E-state index contributed by atoms with van der Waals surface area (Å²) in [6.07, 6.45) is 1.18. The number of hydrazine groups is 1. The predicted molar refractivity (Wildman–Crippen MR) is 94.7 cm³/mol. The molecule has 2 fully saturated rings. The average Bonchev–Trinajstić information content (AvgIpc) is 3.30. The molecule has 3 N–H and O–H groups in total. The zero-order valence-electron chi connectivity index (χ0n) is 14.6. The molecule has 1 aromatic rings. The van der Waals surface area contributed by atoms with Crippen molar-refractivity contribution < 1.29 is 14.2 Å². The van der Waals surface area contributed by atoms with Crippen molar-refractivity contribution in [2.24, 2.45) is 5.92 Å². The van der Waals surface area contributed by atoms with Gasteiger partial charge in [0.05, 0.1) is 19.3 Å². The monoisotopic (exact) mass is 348 g/mol. The van der Waals surface area contributed by atoms with Crippen LogP contribution in [0.15, 0.2) is 18.2 Å². The second-order valence-corrected chi connectivity index (χ2v) is 6.89. The second-order valence-electron chi connectivity index (χ2n) is 6.89. The molecule has 7 heteroatoms. The van der Waals surface area contributed by atoms with Crippen LogP contribution in [0.2, 0.25) is 0 Å². The van der Waals surface area contributed by atoms with E-state index in [1.54, 1.807) is 0 Å². The van der Waals surface area contributed by atoms with Crippen molar-refractivity contribution in [2.45, 2.75) is 12.5 Å². The van der Waals surface area contributed by atoms with Crippen molar-refractivity contribution in [3.63, 3.8) is 0 Å². The van der Waals surface area contributed by atoms with Crippen LogP contribution in [-0.2, 0) is 4.74 Å². The predicted octanol–water partition coefficient (Wildman–Crippen LogP) is 0.492. The van der Waals surface area contributed by atoms with Gasteiger partial charge in [-0.25, -0.2) is 5.43 Å². The van der Waals surface area contributed by atoms with E-state index in [0.29, 0.717) is 18.8 Å². The van der Waals surface area contributed by atoms with Gasteiger partial charge in [0.25, 0.3) is 0 Å². The Morgan fingerprint density at radius 1 is 1.16 bits per heavy atom. The van der Waals surface area contributed by atoms with Crippen molar-refractivity contribution in [3.8, 4) is 11.5 Å². The normalized spacial score (nSPS) is 26.2. The number of fused-ring (bicyclic) bond motifs is 1. The van der Waals surface area contributed by atoms with Gasteiger partial charge in [-0.3, -0.25) is 10.3 Å². The molecule has 138 valence electrons. The maximum absolute atomic E-state index is 5.51. The average molecular weight is 348 g/mol. The van der Waals surface area contributed by atoms with Gasteiger partial charge in [0.2, 0.25) is 6.79 Å².